The van der Waals surface area contributed by atoms with Gasteiger partial charge in [-0.2, -0.15) is 0 Å². The van der Waals surface area contributed by atoms with E-state index in [2.05, 4.69) is 21.7 Å². The summed E-state index contributed by atoms with van der Waals surface area (Å²) in [5, 5.41) is 11.5. The van der Waals surface area contributed by atoms with E-state index in [-0.39, 0.29) is 5.82 Å². The van der Waals surface area contributed by atoms with Gasteiger partial charge < -0.3 is 4.57 Å². The van der Waals surface area contributed by atoms with E-state index in [1.165, 1.54) is 17.8 Å². The van der Waals surface area contributed by atoms with Gasteiger partial charge in [0, 0.05) is 12.3 Å². The summed E-state index contributed by atoms with van der Waals surface area (Å²) < 4.78 is 15.8. The molecule has 0 aliphatic heterocycles. The van der Waals surface area contributed by atoms with Gasteiger partial charge in [0.05, 0.1) is 4.88 Å². The van der Waals surface area contributed by atoms with Crippen LogP contribution in [0.2, 0.25) is 0 Å². The lowest BCUT2D eigenvalue weighted by atomic mass is 10.2. The van der Waals surface area contributed by atoms with Gasteiger partial charge in [0.2, 0.25) is 0 Å². The Morgan fingerprint density at radius 2 is 2.05 bits per heavy atom. The number of nitrogens with zero attached hydrogens (tertiary/aromatic N) is 3. The zero-order chi connectivity index (χ0) is 15.4. The highest BCUT2D eigenvalue weighted by molar-refractivity contribution is 7.98. The van der Waals surface area contributed by atoms with Crippen molar-refractivity contribution in [2.45, 2.75) is 30.8 Å². The van der Waals surface area contributed by atoms with Crippen LogP contribution in [0.1, 0.15) is 18.9 Å². The molecule has 0 N–H and O–H groups in total. The Morgan fingerprint density at radius 1 is 1.18 bits per heavy atom. The van der Waals surface area contributed by atoms with Gasteiger partial charge in [-0.15, -0.1) is 21.5 Å². The fourth-order valence-corrected chi connectivity index (χ4v) is 3.83. The number of hydrogen-bond acceptors (Lipinski definition) is 4. The largest absolute Gasteiger partial charge is 0.301 e. The standard InChI is InChI=1S/C16H16FN3S2/c1-2-9-20-15(14-8-5-10-21-14)18-19-16(20)22-11-12-6-3-4-7-13(12)17/h3-8,10H,2,9,11H2,1H3. The molecule has 3 rings (SSSR count). The molecule has 0 radical (unpaired) electrons. The summed E-state index contributed by atoms with van der Waals surface area (Å²) >= 11 is 3.18. The lowest BCUT2D eigenvalue weighted by Crippen LogP contribution is -2.01. The highest BCUT2D eigenvalue weighted by Gasteiger charge is 2.15. The molecule has 2 heterocycles. The van der Waals surface area contributed by atoms with Crippen molar-refractivity contribution in [3.05, 3.63) is 53.2 Å². The third-order valence-electron chi connectivity index (χ3n) is 3.22. The number of thiophene rings is 1. The normalized spacial score (nSPS) is 11.0. The first-order valence-electron chi connectivity index (χ1n) is 7.13. The summed E-state index contributed by atoms with van der Waals surface area (Å²) in [6.45, 7) is 2.99. The van der Waals surface area contributed by atoms with Crippen molar-refractivity contribution >= 4 is 23.1 Å². The van der Waals surface area contributed by atoms with E-state index >= 15 is 0 Å². The maximum atomic E-state index is 13.7. The average Bonchev–Trinajstić information content (AvgIpc) is 3.16. The van der Waals surface area contributed by atoms with Gasteiger partial charge in [-0.1, -0.05) is 43.0 Å². The molecule has 3 aromatic rings. The predicted molar refractivity (Wildman–Crippen MR) is 89.6 cm³/mol. The van der Waals surface area contributed by atoms with Crippen molar-refractivity contribution in [1.29, 1.82) is 0 Å². The Labute approximate surface area is 137 Å². The summed E-state index contributed by atoms with van der Waals surface area (Å²) in [7, 11) is 0. The second-order valence-corrected chi connectivity index (χ2v) is 6.71. The monoisotopic (exact) mass is 333 g/mol. The molecular formula is C16H16FN3S2. The van der Waals surface area contributed by atoms with Gasteiger partial charge in [-0.25, -0.2) is 4.39 Å². The first-order chi connectivity index (χ1) is 10.8. The minimum absolute atomic E-state index is 0.171. The van der Waals surface area contributed by atoms with E-state index in [4.69, 9.17) is 0 Å². The second kappa shape index (κ2) is 7.07. The Morgan fingerprint density at radius 3 is 2.77 bits per heavy atom. The van der Waals surface area contributed by atoms with Crippen molar-refractivity contribution in [3.63, 3.8) is 0 Å². The Hall–Kier alpha value is -1.66. The summed E-state index contributed by atoms with van der Waals surface area (Å²) in [6.07, 6.45) is 1.00. The van der Waals surface area contributed by atoms with Gasteiger partial charge in [0.25, 0.3) is 0 Å². The number of aromatic nitrogens is 3. The highest BCUT2D eigenvalue weighted by Crippen LogP contribution is 2.29. The zero-order valence-electron chi connectivity index (χ0n) is 12.2. The third kappa shape index (κ3) is 3.23. The van der Waals surface area contributed by atoms with E-state index in [0.29, 0.717) is 11.3 Å². The van der Waals surface area contributed by atoms with Crippen LogP contribution < -0.4 is 0 Å². The quantitative estimate of drug-likeness (QED) is 0.604. The minimum atomic E-state index is -0.171. The summed E-state index contributed by atoms with van der Waals surface area (Å²) in [5.74, 6) is 1.28. The van der Waals surface area contributed by atoms with E-state index in [1.807, 2.05) is 29.6 Å². The van der Waals surface area contributed by atoms with E-state index in [9.17, 15) is 4.39 Å². The van der Waals surface area contributed by atoms with E-state index in [0.717, 1.165) is 28.8 Å². The zero-order valence-corrected chi connectivity index (χ0v) is 13.8. The second-order valence-electron chi connectivity index (χ2n) is 4.82. The minimum Gasteiger partial charge on any atom is -0.301 e. The average molecular weight is 333 g/mol. The summed E-state index contributed by atoms with van der Waals surface area (Å²) in [4.78, 5) is 1.11. The number of rotatable bonds is 6. The molecule has 6 heteroatoms. The lowest BCUT2D eigenvalue weighted by molar-refractivity contribution is 0.615. The van der Waals surface area contributed by atoms with Crippen molar-refractivity contribution in [1.82, 2.24) is 14.8 Å². The Bertz CT molecular complexity index is 738. The molecule has 0 atom stereocenters. The van der Waals surface area contributed by atoms with Crippen LogP contribution >= 0.6 is 23.1 Å². The molecule has 2 aromatic heterocycles. The Balaban J connectivity index is 1.83. The molecule has 3 nitrogen and oxygen atoms in total. The van der Waals surface area contributed by atoms with Crippen LogP contribution in [0.5, 0.6) is 0 Å². The van der Waals surface area contributed by atoms with Crippen LogP contribution in [0.25, 0.3) is 10.7 Å². The van der Waals surface area contributed by atoms with E-state index < -0.39 is 0 Å². The molecule has 0 saturated carbocycles. The maximum Gasteiger partial charge on any atom is 0.191 e. The SMILES string of the molecule is CCCn1c(SCc2ccccc2F)nnc1-c1cccs1. The van der Waals surface area contributed by atoms with Crippen molar-refractivity contribution in [3.8, 4) is 10.7 Å². The fourth-order valence-electron chi connectivity index (χ4n) is 2.17. The highest BCUT2D eigenvalue weighted by atomic mass is 32.2. The van der Waals surface area contributed by atoms with Crippen LogP contribution in [0, 0.1) is 5.82 Å². The topological polar surface area (TPSA) is 30.7 Å². The number of thioether (sulfide) groups is 1. The third-order valence-corrected chi connectivity index (χ3v) is 5.10. The van der Waals surface area contributed by atoms with Gasteiger partial charge >= 0.3 is 0 Å². The molecule has 0 spiro atoms. The smallest absolute Gasteiger partial charge is 0.191 e. The molecule has 0 saturated heterocycles. The van der Waals surface area contributed by atoms with Crippen LogP contribution in [0.4, 0.5) is 4.39 Å². The van der Waals surface area contributed by atoms with Crippen molar-refractivity contribution in [2.24, 2.45) is 0 Å². The predicted octanol–water partition coefficient (Wildman–Crippen LogP) is 4.85. The first-order valence-corrected chi connectivity index (χ1v) is 8.99. The molecule has 22 heavy (non-hydrogen) atoms. The first kappa shape index (κ1) is 15.2. The van der Waals surface area contributed by atoms with Gasteiger partial charge in [-0.05, 0) is 29.5 Å². The molecule has 0 aliphatic carbocycles. The van der Waals surface area contributed by atoms with Crippen LogP contribution in [0.3, 0.4) is 0 Å². The Kier molecular flexibility index (Phi) is 4.90. The van der Waals surface area contributed by atoms with Crippen molar-refractivity contribution < 1.29 is 4.39 Å². The van der Waals surface area contributed by atoms with Gasteiger partial charge in [0.1, 0.15) is 5.82 Å². The molecule has 0 amide bonds. The fraction of sp³-hybridized carbons (Fsp3) is 0.250. The number of halogens is 1. The van der Waals surface area contributed by atoms with Gasteiger partial charge in [0.15, 0.2) is 11.0 Å². The van der Waals surface area contributed by atoms with Crippen molar-refractivity contribution in [2.75, 3.05) is 0 Å². The molecule has 114 valence electrons. The number of benzene rings is 1. The lowest BCUT2D eigenvalue weighted by Gasteiger charge is -2.08. The molecule has 0 unspecified atom stereocenters. The molecule has 0 bridgehead atoms. The van der Waals surface area contributed by atoms with Crippen LogP contribution in [-0.4, -0.2) is 14.8 Å². The molecule has 0 aliphatic rings. The molecule has 1 aromatic carbocycles. The molecule has 0 fully saturated rings. The van der Waals surface area contributed by atoms with Gasteiger partial charge in [-0.3, -0.25) is 0 Å². The summed E-state index contributed by atoms with van der Waals surface area (Å²) in [5.41, 5.74) is 0.691. The molecular weight excluding hydrogens is 317 g/mol. The van der Waals surface area contributed by atoms with Crippen LogP contribution in [-0.2, 0) is 12.3 Å². The number of hydrogen-bond donors (Lipinski definition) is 0. The summed E-state index contributed by atoms with van der Waals surface area (Å²) in [6, 6.07) is 10.9. The van der Waals surface area contributed by atoms with Crippen LogP contribution in [0.15, 0.2) is 46.9 Å². The van der Waals surface area contributed by atoms with E-state index in [1.54, 1.807) is 17.4 Å². The maximum absolute atomic E-state index is 13.7.